The molecule has 116 valence electrons. The summed E-state index contributed by atoms with van der Waals surface area (Å²) in [7, 11) is 0. The molecule has 21 heavy (non-hydrogen) atoms. The summed E-state index contributed by atoms with van der Waals surface area (Å²) in [5, 5.41) is 8.66. The fourth-order valence-corrected chi connectivity index (χ4v) is 1.78. The van der Waals surface area contributed by atoms with Gasteiger partial charge in [-0.1, -0.05) is 26.2 Å². The Morgan fingerprint density at radius 1 is 1.29 bits per heavy atom. The van der Waals surface area contributed by atoms with Gasteiger partial charge in [0.2, 0.25) is 0 Å². The number of unbranched alkanes of at least 4 members (excludes halogenated alkanes) is 3. The SMILES string of the molecule is CCCCCCC(F)C(=O)Oc1ccc(C(=O)O)c(F)c1. The van der Waals surface area contributed by atoms with Gasteiger partial charge in [0.25, 0.3) is 0 Å². The van der Waals surface area contributed by atoms with Crippen molar-refractivity contribution in [3.8, 4) is 5.75 Å². The molecule has 1 atom stereocenters. The summed E-state index contributed by atoms with van der Waals surface area (Å²) < 4.78 is 31.6. The van der Waals surface area contributed by atoms with Crippen LogP contribution in [-0.4, -0.2) is 23.2 Å². The second kappa shape index (κ2) is 8.34. The van der Waals surface area contributed by atoms with Crippen LogP contribution in [0.2, 0.25) is 0 Å². The maximum Gasteiger partial charge on any atom is 0.346 e. The van der Waals surface area contributed by atoms with Gasteiger partial charge in [0, 0.05) is 6.07 Å². The summed E-state index contributed by atoms with van der Waals surface area (Å²) in [4.78, 5) is 22.1. The van der Waals surface area contributed by atoms with Crippen molar-refractivity contribution in [1.82, 2.24) is 0 Å². The molecule has 4 nitrogen and oxygen atoms in total. The van der Waals surface area contributed by atoms with Gasteiger partial charge in [0.05, 0.1) is 5.56 Å². The number of carbonyl (C=O) groups excluding carboxylic acids is 1. The molecule has 1 N–H and O–H groups in total. The van der Waals surface area contributed by atoms with Crippen LogP contribution in [0.4, 0.5) is 8.78 Å². The highest BCUT2D eigenvalue weighted by atomic mass is 19.1. The van der Waals surface area contributed by atoms with Crippen molar-refractivity contribution in [3.05, 3.63) is 29.6 Å². The maximum atomic E-state index is 13.6. The van der Waals surface area contributed by atoms with Crippen molar-refractivity contribution < 1.29 is 28.2 Å². The molecule has 0 heterocycles. The van der Waals surface area contributed by atoms with Gasteiger partial charge in [-0.15, -0.1) is 0 Å². The number of ether oxygens (including phenoxy) is 1. The van der Waals surface area contributed by atoms with E-state index in [2.05, 4.69) is 0 Å². The first-order valence-corrected chi connectivity index (χ1v) is 6.84. The average molecular weight is 300 g/mol. The fraction of sp³-hybridized carbons (Fsp3) is 0.467. The number of aromatic carboxylic acids is 1. The van der Waals surface area contributed by atoms with Crippen molar-refractivity contribution in [2.75, 3.05) is 0 Å². The highest BCUT2D eigenvalue weighted by molar-refractivity contribution is 5.88. The Balaban J connectivity index is 2.54. The Kier molecular flexibility index (Phi) is 6.78. The number of carboxylic acid groups (broad SMARTS) is 1. The molecule has 1 aromatic rings. The summed E-state index contributed by atoms with van der Waals surface area (Å²) >= 11 is 0. The molecule has 0 saturated heterocycles. The molecule has 1 aromatic carbocycles. The normalized spacial score (nSPS) is 12.0. The molecule has 1 unspecified atom stereocenters. The van der Waals surface area contributed by atoms with E-state index in [4.69, 9.17) is 9.84 Å². The van der Waals surface area contributed by atoms with Crippen LogP contribution in [0.5, 0.6) is 5.75 Å². The van der Waals surface area contributed by atoms with Gasteiger partial charge in [-0.25, -0.2) is 18.4 Å². The monoisotopic (exact) mass is 300 g/mol. The van der Waals surface area contributed by atoms with Crippen LogP contribution in [0.1, 0.15) is 49.4 Å². The van der Waals surface area contributed by atoms with Gasteiger partial charge in [-0.3, -0.25) is 0 Å². The zero-order valence-electron chi connectivity index (χ0n) is 11.8. The summed E-state index contributed by atoms with van der Waals surface area (Å²) in [6.07, 6.45) is 1.71. The minimum atomic E-state index is -1.76. The van der Waals surface area contributed by atoms with E-state index in [1.807, 2.05) is 6.92 Å². The highest BCUT2D eigenvalue weighted by Gasteiger charge is 2.20. The lowest BCUT2D eigenvalue weighted by Crippen LogP contribution is -2.21. The van der Waals surface area contributed by atoms with E-state index in [0.717, 1.165) is 37.5 Å². The fourth-order valence-electron chi connectivity index (χ4n) is 1.78. The Labute approximate surface area is 121 Å². The predicted octanol–water partition coefficient (Wildman–Crippen LogP) is 3.74. The topological polar surface area (TPSA) is 63.6 Å². The molecule has 1 rings (SSSR count). The summed E-state index contributed by atoms with van der Waals surface area (Å²) in [6, 6.07) is 2.84. The average Bonchev–Trinajstić information content (AvgIpc) is 2.43. The Morgan fingerprint density at radius 2 is 2.00 bits per heavy atom. The number of benzene rings is 1. The number of hydrogen-bond acceptors (Lipinski definition) is 3. The number of halogens is 2. The minimum Gasteiger partial charge on any atom is -0.478 e. The molecular formula is C15H18F2O4. The van der Waals surface area contributed by atoms with Gasteiger partial charge in [-0.05, 0) is 25.0 Å². The van der Waals surface area contributed by atoms with Crippen molar-refractivity contribution in [2.24, 2.45) is 0 Å². The first-order valence-electron chi connectivity index (χ1n) is 6.84. The molecule has 0 spiro atoms. The van der Waals surface area contributed by atoms with Crippen molar-refractivity contribution in [3.63, 3.8) is 0 Å². The third-order valence-electron chi connectivity index (χ3n) is 2.96. The van der Waals surface area contributed by atoms with Gasteiger partial charge in [0.1, 0.15) is 11.6 Å². The minimum absolute atomic E-state index is 0.0640. The first kappa shape index (κ1) is 17.1. The number of alkyl halides is 1. The zero-order chi connectivity index (χ0) is 15.8. The molecule has 0 saturated carbocycles. The number of rotatable bonds is 8. The number of esters is 1. The molecule has 0 aromatic heterocycles. The van der Waals surface area contributed by atoms with E-state index in [0.29, 0.717) is 6.42 Å². The van der Waals surface area contributed by atoms with Crippen LogP contribution in [0.15, 0.2) is 18.2 Å². The van der Waals surface area contributed by atoms with Crippen LogP contribution in [0.25, 0.3) is 0 Å². The largest absolute Gasteiger partial charge is 0.478 e. The van der Waals surface area contributed by atoms with E-state index in [-0.39, 0.29) is 12.2 Å². The van der Waals surface area contributed by atoms with E-state index in [1.165, 1.54) is 0 Å². The van der Waals surface area contributed by atoms with E-state index < -0.39 is 29.5 Å². The molecule has 0 fully saturated rings. The molecule has 0 amide bonds. The van der Waals surface area contributed by atoms with E-state index in [1.54, 1.807) is 0 Å². The molecule has 0 bridgehead atoms. The quantitative estimate of drug-likeness (QED) is 0.451. The second-order valence-corrected chi connectivity index (χ2v) is 4.68. The van der Waals surface area contributed by atoms with E-state index >= 15 is 0 Å². The first-order chi connectivity index (χ1) is 9.95. The van der Waals surface area contributed by atoms with Crippen LogP contribution in [0.3, 0.4) is 0 Å². The number of carboxylic acids is 1. The lowest BCUT2D eigenvalue weighted by atomic mass is 10.1. The second-order valence-electron chi connectivity index (χ2n) is 4.68. The third-order valence-corrected chi connectivity index (χ3v) is 2.96. The van der Waals surface area contributed by atoms with Gasteiger partial charge >= 0.3 is 11.9 Å². The molecular weight excluding hydrogens is 282 g/mol. The van der Waals surface area contributed by atoms with Crippen molar-refractivity contribution in [2.45, 2.75) is 45.2 Å². The third kappa shape index (κ3) is 5.49. The van der Waals surface area contributed by atoms with Crippen molar-refractivity contribution >= 4 is 11.9 Å². The van der Waals surface area contributed by atoms with Crippen LogP contribution in [0, 0.1) is 5.82 Å². The number of carbonyl (C=O) groups is 2. The maximum absolute atomic E-state index is 13.6. The molecule has 0 aliphatic carbocycles. The van der Waals surface area contributed by atoms with E-state index in [9.17, 15) is 18.4 Å². The molecule has 0 aliphatic heterocycles. The Hall–Kier alpha value is -1.98. The number of hydrogen-bond donors (Lipinski definition) is 1. The lowest BCUT2D eigenvalue weighted by Gasteiger charge is -2.09. The lowest BCUT2D eigenvalue weighted by molar-refractivity contribution is -0.140. The molecule has 6 heteroatoms. The van der Waals surface area contributed by atoms with Crippen LogP contribution < -0.4 is 4.74 Å². The predicted molar refractivity (Wildman–Crippen MR) is 72.6 cm³/mol. The Morgan fingerprint density at radius 3 is 2.57 bits per heavy atom. The molecule has 0 radical (unpaired) electrons. The zero-order valence-corrected chi connectivity index (χ0v) is 11.8. The summed E-state index contributed by atoms with van der Waals surface area (Å²) in [5.74, 6) is -3.76. The standard InChI is InChI=1S/C15H18F2O4/c1-2-3-4-5-6-12(16)15(20)21-10-7-8-11(14(18)19)13(17)9-10/h7-9,12H,2-6H2,1H3,(H,18,19). The van der Waals surface area contributed by atoms with Crippen LogP contribution in [-0.2, 0) is 4.79 Å². The summed E-state index contributed by atoms with van der Waals surface area (Å²) in [5.41, 5.74) is -0.536. The smallest absolute Gasteiger partial charge is 0.346 e. The Bertz CT molecular complexity index is 502. The molecule has 0 aliphatic rings. The van der Waals surface area contributed by atoms with Gasteiger partial charge in [0.15, 0.2) is 6.17 Å². The van der Waals surface area contributed by atoms with Gasteiger partial charge < -0.3 is 9.84 Å². The van der Waals surface area contributed by atoms with Gasteiger partial charge in [-0.2, -0.15) is 0 Å². The highest BCUT2D eigenvalue weighted by Crippen LogP contribution is 2.18. The summed E-state index contributed by atoms with van der Waals surface area (Å²) in [6.45, 7) is 2.02. The van der Waals surface area contributed by atoms with Crippen molar-refractivity contribution in [1.29, 1.82) is 0 Å². The van der Waals surface area contributed by atoms with Crippen LogP contribution >= 0.6 is 0 Å².